The molecule has 0 atom stereocenters. The highest BCUT2D eigenvalue weighted by Gasteiger charge is 2.04. The lowest BCUT2D eigenvalue weighted by Gasteiger charge is -2.08. The Hall–Kier alpha value is -2.31. The quantitative estimate of drug-likeness (QED) is 0.869. The van der Waals surface area contributed by atoms with Gasteiger partial charge in [0.2, 0.25) is 0 Å². The van der Waals surface area contributed by atoms with Gasteiger partial charge in [-0.05, 0) is 42.3 Å². The first kappa shape index (κ1) is 14.1. The Labute approximate surface area is 118 Å². The summed E-state index contributed by atoms with van der Waals surface area (Å²) in [6.07, 6.45) is 0. The average molecular weight is 269 g/mol. The van der Waals surface area contributed by atoms with E-state index in [1.54, 1.807) is 12.1 Å². The SMILES string of the molecule is Cc1ccc(F)c(OCc2cccc(C#CCN)c2)c1. The topological polar surface area (TPSA) is 35.2 Å². The van der Waals surface area contributed by atoms with Gasteiger partial charge in [-0.3, -0.25) is 0 Å². The molecule has 0 radical (unpaired) electrons. The van der Waals surface area contributed by atoms with Gasteiger partial charge in [0.25, 0.3) is 0 Å². The molecule has 0 aliphatic heterocycles. The van der Waals surface area contributed by atoms with E-state index in [0.29, 0.717) is 13.2 Å². The maximum Gasteiger partial charge on any atom is 0.165 e. The van der Waals surface area contributed by atoms with Gasteiger partial charge in [0, 0.05) is 5.56 Å². The Morgan fingerprint density at radius 2 is 2.05 bits per heavy atom. The summed E-state index contributed by atoms with van der Waals surface area (Å²) in [5.74, 6) is 5.67. The maximum atomic E-state index is 13.6. The Kier molecular flexibility index (Phi) is 4.75. The first-order valence-electron chi connectivity index (χ1n) is 6.36. The molecular weight excluding hydrogens is 253 g/mol. The molecule has 3 heteroatoms. The molecule has 102 valence electrons. The van der Waals surface area contributed by atoms with E-state index in [0.717, 1.165) is 16.7 Å². The van der Waals surface area contributed by atoms with E-state index in [1.807, 2.05) is 31.2 Å². The number of halogens is 1. The lowest BCUT2D eigenvalue weighted by Crippen LogP contribution is -1.98. The molecule has 0 aliphatic carbocycles. The van der Waals surface area contributed by atoms with Crippen molar-refractivity contribution in [3.63, 3.8) is 0 Å². The zero-order chi connectivity index (χ0) is 14.4. The number of hydrogen-bond donors (Lipinski definition) is 1. The molecule has 0 amide bonds. The van der Waals surface area contributed by atoms with Crippen LogP contribution in [0.5, 0.6) is 5.75 Å². The molecule has 0 heterocycles. The Bertz CT molecular complexity index is 656. The van der Waals surface area contributed by atoms with Crippen LogP contribution in [0, 0.1) is 24.6 Å². The van der Waals surface area contributed by atoms with Gasteiger partial charge < -0.3 is 10.5 Å². The molecule has 0 spiro atoms. The zero-order valence-corrected chi connectivity index (χ0v) is 11.3. The number of benzene rings is 2. The molecule has 0 unspecified atom stereocenters. The summed E-state index contributed by atoms with van der Waals surface area (Å²) in [7, 11) is 0. The van der Waals surface area contributed by atoms with Crippen molar-refractivity contribution in [2.24, 2.45) is 5.73 Å². The van der Waals surface area contributed by atoms with Crippen LogP contribution in [0.4, 0.5) is 4.39 Å². The molecule has 0 aromatic heterocycles. The van der Waals surface area contributed by atoms with Crippen LogP contribution in [0.25, 0.3) is 0 Å². The van der Waals surface area contributed by atoms with E-state index in [4.69, 9.17) is 10.5 Å². The molecule has 2 nitrogen and oxygen atoms in total. The van der Waals surface area contributed by atoms with Crippen LogP contribution in [0.3, 0.4) is 0 Å². The first-order chi connectivity index (χ1) is 9.69. The van der Waals surface area contributed by atoms with E-state index < -0.39 is 0 Å². The van der Waals surface area contributed by atoms with E-state index in [9.17, 15) is 4.39 Å². The van der Waals surface area contributed by atoms with Crippen molar-refractivity contribution >= 4 is 0 Å². The van der Waals surface area contributed by atoms with Gasteiger partial charge in [-0.15, -0.1) is 0 Å². The van der Waals surface area contributed by atoms with Crippen molar-refractivity contribution in [1.82, 2.24) is 0 Å². The van der Waals surface area contributed by atoms with Gasteiger partial charge >= 0.3 is 0 Å². The van der Waals surface area contributed by atoms with E-state index in [1.165, 1.54) is 6.07 Å². The second kappa shape index (κ2) is 6.74. The van der Waals surface area contributed by atoms with Crippen LogP contribution >= 0.6 is 0 Å². The van der Waals surface area contributed by atoms with Crippen LogP contribution in [0.1, 0.15) is 16.7 Å². The summed E-state index contributed by atoms with van der Waals surface area (Å²) >= 11 is 0. The predicted octanol–water partition coefficient (Wildman–Crippen LogP) is 3.02. The van der Waals surface area contributed by atoms with Crippen molar-refractivity contribution in [3.8, 4) is 17.6 Å². The molecule has 0 aliphatic rings. The van der Waals surface area contributed by atoms with Crippen LogP contribution in [0.2, 0.25) is 0 Å². The third kappa shape index (κ3) is 3.84. The second-order valence-electron chi connectivity index (χ2n) is 4.43. The summed E-state index contributed by atoms with van der Waals surface area (Å²) in [5, 5.41) is 0. The van der Waals surface area contributed by atoms with Gasteiger partial charge in [-0.2, -0.15) is 0 Å². The van der Waals surface area contributed by atoms with Crippen LogP contribution in [-0.2, 0) is 6.61 Å². The van der Waals surface area contributed by atoms with E-state index in [-0.39, 0.29) is 11.6 Å². The molecule has 2 rings (SSSR count). The summed E-state index contributed by atoms with van der Waals surface area (Å²) in [5.41, 5.74) is 8.12. The summed E-state index contributed by atoms with van der Waals surface area (Å²) in [6, 6.07) is 12.4. The third-order valence-electron chi connectivity index (χ3n) is 2.74. The second-order valence-corrected chi connectivity index (χ2v) is 4.43. The number of rotatable bonds is 3. The van der Waals surface area contributed by atoms with Crippen LogP contribution in [0.15, 0.2) is 42.5 Å². The van der Waals surface area contributed by atoms with Gasteiger partial charge in [-0.25, -0.2) is 4.39 Å². The minimum Gasteiger partial charge on any atom is -0.486 e. The smallest absolute Gasteiger partial charge is 0.165 e. The third-order valence-corrected chi connectivity index (χ3v) is 2.74. The predicted molar refractivity (Wildman–Crippen MR) is 77.8 cm³/mol. The summed E-state index contributed by atoms with van der Waals surface area (Å²) in [6.45, 7) is 2.53. The van der Waals surface area contributed by atoms with Crippen LogP contribution < -0.4 is 10.5 Å². The van der Waals surface area contributed by atoms with Gasteiger partial charge in [0.05, 0.1) is 6.54 Å². The normalized spacial score (nSPS) is 9.75. The molecular formula is C17H16FNO. The fraction of sp³-hybridized carbons (Fsp3) is 0.176. The lowest BCUT2D eigenvalue weighted by molar-refractivity contribution is 0.290. The average Bonchev–Trinajstić information content (AvgIpc) is 2.46. The summed E-state index contributed by atoms with van der Waals surface area (Å²) < 4.78 is 19.1. The molecule has 0 saturated heterocycles. The van der Waals surface area contributed by atoms with Gasteiger partial charge in [0.15, 0.2) is 11.6 Å². The first-order valence-corrected chi connectivity index (χ1v) is 6.36. The van der Waals surface area contributed by atoms with Crippen molar-refractivity contribution in [2.75, 3.05) is 6.54 Å². The maximum absolute atomic E-state index is 13.6. The fourth-order valence-corrected chi connectivity index (χ4v) is 1.77. The lowest BCUT2D eigenvalue weighted by atomic mass is 10.1. The van der Waals surface area contributed by atoms with Crippen LogP contribution in [-0.4, -0.2) is 6.54 Å². The fourth-order valence-electron chi connectivity index (χ4n) is 1.77. The number of aryl methyl sites for hydroxylation is 1. The highest BCUT2D eigenvalue weighted by molar-refractivity contribution is 5.37. The van der Waals surface area contributed by atoms with Gasteiger partial charge in [0.1, 0.15) is 6.61 Å². The van der Waals surface area contributed by atoms with Crippen molar-refractivity contribution in [3.05, 3.63) is 65.0 Å². The molecule has 0 saturated carbocycles. The van der Waals surface area contributed by atoms with E-state index >= 15 is 0 Å². The number of ether oxygens (including phenoxy) is 1. The molecule has 20 heavy (non-hydrogen) atoms. The number of nitrogens with two attached hydrogens (primary N) is 1. The Morgan fingerprint density at radius 3 is 2.85 bits per heavy atom. The molecule has 2 N–H and O–H groups in total. The highest BCUT2D eigenvalue weighted by atomic mass is 19.1. The molecule has 0 bridgehead atoms. The minimum atomic E-state index is -0.352. The van der Waals surface area contributed by atoms with Crippen molar-refractivity contribution < 1.29 is 9.13 Å². The minimum absolute atomic E-state index is 0.267. The monoisotopic (exact) mass is 269 g/mol. The largest absolute Gasteiger partial charge is 0.486 e. The molecule has 0 fully saturated rings. The number of hydrogen-bond acceptors (Lipinski definition) is 2. The van der Waals surface area contributed by atoms with E-state index in [2.05, 4.69) is 11.8 Å². The Morgan fingerprint density at radius 1 is 1.20 bits per heavy atom. The van der Waals surface area contributed by atoms with Crippen molar-refractivity contribution in [1.29, 1.82) is 0 Å². The van der Waals surface area contributed by atoms with Gasteiger partial charge in [-0.1, -0.05) is 30.0 Å². The van der Waals surface area contributed by atoms with Crippen molar-refractivity contribution in [2.45, 2.75) is 13.5 Å². The molecule has 2 aromatic rings. The zero-order valence-electron chi connectivity index (χ0n) is 11.3. The highest BCUT2D eigenvalue weighted by Crippen LogP contribution is 2.19. The molecule has 2 aromatic carbocycles. The Balaban J connectivity index is 2.09. The summed E-state index contributed by atoms with van der Waals surface area (Å²) in [4.78, 5) is 0. The standard InChI is InChI=1S/C17H16FNO/c1-13-7-8-16(18)17(10-13)20-12-15-5-2-4-14(11-15)6-3-9-19/h2,4-5,7-8,10-11H,9,12,19H2,1H3.